The van der Waals surface area contributed by atoms with Gasteiger partial charge in [-0.05, 0) is 49.4 Å². The number of nitrogen functional groups attached to an aromatic ring is 1. The molecule has 1 aromatic rings. The highest BCUT2D eigenvalue weighted by molar-refractivity contribution is 6.03. The van der Waals surface area contributed by atoms with Crippen LogP contribution in [0.1, 0.15) is 28.8 Å². The number of fused-ring (bicyclic) bond motifs is 4. The van der Waals surface area contributed by atoms with E-state index in [0.29, 0.717) is 11.6 Å². The van der Waals surface area contributed by atoms with Crippen LogP contribution in [0.2, 0.25) is 0 Å². The Kier molecular flexibility index (Phi) is 2.74. The molecule has 2 N–H and O–H groups in total. The Morgan fingerprint density at radius 2 is 2.05 bits per heavy atom. The second kappa shape index (κ2) is 4.48. The molecule has 1 aromatic carbocycles. The summed E-state index contributed by atoms with van der Waals surface area (Å²) in [7, 11) is 0. The molecule has 1 unspecified atom stereocenters. The minimum atomic E-state index is 0.134. The molecule has 4 nitrogen and oxygen atoms in total. The molecule has 3 saturated heterocycles. The van der Waals surface area contributed by atoms with Crippen LogP contribution in [-0.2, 0) is 6.54 Å². The van der Waals surface area contributed by atoms with Crippen molar-refractivity contribution in [3.63, 3.8) is 0 Å². The number of nitrogens with zero attached hydrogens (tertiary/aromatic N) is 2. The maximum Gasteiger partial charge on any atom is 0.256 e. The van der Waals surface area contributed by atoms with Crippen LogP contribution in [0.25, 0.3) is 0 Å². The molecule has 20 heavy (non-hydrogen) atoms. The monoisotopic (exact) mass is 271 g/mol. The molecule has 0 aliphatic carbocycles. The van der Waals surface area contributed by atoms with E-state index in [9.17, 15) is 4.79 Å². The number of anilines is 1. The van der Waals surface area contributed by atoms with Crippen molar-refractivity contribution in [3.8, 4) is 0 Å². The molecule has 4 heterocycles. The van der Waals surface area contributed by atoms with Crippen LogP contribution in [0.15, 0.2) is 18.2 Å². The molecule has 3 fully saturated rings. The Hall–Kier alpha value is -1.55. The maximum atomic E-state index is 12.5. The number of nitrogens with two attached hydrogens (primary N) is 1. The van der Waals surface area contributed by atoms with E-state index in [0.717, 1.165) is 30.1 Å². The Morgan fingerprint density at radius 3 is 2.70 bits per heavy atom. The predicted octanol–water partition coefficient (Wildman–Crippen LogP) is 1.57. The largest absolute Gasteiger partial charge is 0.398 e. The van der Waals surface area contributed by atoms with Crippen molar-refractivity contribution in [2.24, 2.45) is 11.8 Å². The van der Waals surface area contributed by atoms with Gasteiger partial charge in [-0.1, -0.05) is 12.1 Å². The van der Waals surface area contributed by atoms with Crippen LogP contribution in [0.3, 0.4) is 0 Å². The number of hydrogen-bond donors (Lipinski definition) is 1. The summed E-state index contributed by atoms with van der Waals surface area (Å²) in [6, 6.07) is 5.80. The van der Waals surface area contributed by atoms with Crippen LogP contribution >= 0.6 is 0 Å². The number of hydrogen-bond acceptors (Lipinski definition) is 3. The molecule has 4 aliphatic rings. The minimum absolute atomic E-state index is 0.134. The van der Waals surface area contributed by atoms with E-state index in [2.05, 4.69) is 4.90 Å². The number of piperidine rings is 3. The van der Waals surface area contributed by atoms with E-state index < -0.39 is 0 Å². The summed E-state index contributed by atoms with van der Waals surface area (Å²) >= 11 is 0. The normalized spacial score (nSPS) is 31.7. The first-order valence-electron chi connectivity index (χ1n) is 7.61. The van der Waals surface area contributed by atoms with Gasteiger partial charge in [0.15, 0.2) is 0 Å². The van der Waals surface area contributed by atoms with Crippen molar-refractivity contribution in [2.45, 2.75) is 19.4 Å². The zero-order chi connectivity index (χ0) is 13.7. The van der Waals surface area contributed by atoms with Crippen molar-refractivity contribution in [2.75, 3.05) is 31.9 Å². The van der Waals surface area contributed by atoms with Crippen molar-refractivity contribution in [1.82, 2.24) is 9.80 Å². The molecule has 0 spiro atoms. The first kappa shape index (κ1) is 12.2. The molecule has 1 atom stereocenters. The van der Waals surface area contributed by atoms with Crippen LogP contribution in [0, 0.1) is 11.8 Å². The standard InChI is InChI=1S/C16H21N3O/c17-14-3-1-2-12-9-19(16(20)15(12)14)10-13-8-18-6-4-11(13)5-7-18/h1-3,11,13H,4-10,17H2. The quantitative estimate of drug-likeness (QED) is 0.831. The average molecular weight is 271 g/mol. The summed E-state index contributed by atoms with van der Waals surface area (Å²) in [5.74, 6) is 1.60. The molecule has 4 heteroatoms. The van der Waals surface area contributed by atoms with E-state index in [1.807, 2.05) is 23.1 Å². The first-order chi connectivity index (χ1) is 9.72. The Balaban J connectivity index is 1.52. The van der Waals surface area contributed by atoms with Gasteiger partial charge in [-0.15, -0.1) is 0 Å². The lowest BCUT2D eigenvalue weighted by Crippen LogP contribution is -2.50. The summed E-state index contributed by atoms with van der Waals surface area (Å²) < 4.78 is 0. The van der Waals surface area contributed by atoms with Crippen LogP contribution in [0.5, 0.6) is 0 Å². The lowest BCUT2D eigenvalue weighted by Gasteiger charge is -2.45. The fourth-order valence-corrected chi connectivity index (χ4v) is 4.17. The van der Waals surface area contributed by atoms with Gasteiger partial charge in [0, 0.05) is 25.3 Å². The summed E-state index contributed by atoms with van der Waals surface area (Å²) in [5.41, 5.74) is 8.43. The van der Waals surface area contributed by atoms with Gasteiger partial charge in [0.2, 0.25) is 0 Å². The molecular formula is C16H21N3O. The third kappa shape index (κ3) is 1.82. The number of rotatable bonds is 2. The van der Waals surface area contributed by atoms with E-state index in [1.54, 1.807) is 0 Å². The highest BCUT2D eigenvalue weighted by Gasteiger charge is 2.38. The molecular weight excluding hydrogens is 250 g/mol. The molecule has 1 amide bonds. The zero-order valence-electron chi connectivity index (χ0n) is 11.7. The summed E-state index contributed by atoms with van der Waals surface area (Å²) in [6.45, 7) is 5.31. The van der Waals surface area contributed by atoms with Crippen LogP contribution in [-0.4, -0.2) is 41.9 Å². The summed E-state index contributed by atoms with van der Waals surface area (Å²) in [6.07, 6.45) is 2.61. The number of amides is 1. The van der Waals surface area contributed by atoms with Gasteiger partial charge in [-0.2, -0.15) is 0 Å². The predicted molar refractivity (Wildman–Crippen MR) is 78.2 cm³/mol. The number of carbonyl (C=O) groups is 1. The highest BCUT2D eigenvalue weighted by Crippen LogP contribution is 2.35. The second-order valence-corrected chi connectivity index (χ2v) is 6.47. The van der Waals surface area contributed by atoms with Crippen molar-refractivity contribution in [1.29, 1.82) is 0 Å². The third-order valence-electron chi connectivity index (χ3n) is 5.29. The van der Waals surface area contributed by atoms with Crippen LogP contribution < -0.4 is 5.73 Å². The van der Waals surface area contributed by atoms with E-state index in [4.69, 9.17) is 5.73 Å². The van der Waals surface area contributed by atoms with Gasteiger partial charge < -0.3 is 15.5 Å². The van der Waals surface area contributed by atoms with Gasteiger partial charge in [0.05, 0.1) is 5.56 Å². The smallest absolute Gasteiger partial charge is 0.256 e. The van der Waals surface area contributed by atoms with Gasteiger partial charge in [0.1, 0.15) is 0 Å². The van der Waals surface area contributed by atoms with E-state index in [-0.39, 0.29) is 5.91 Å². The lowest BCUT2D eigenvalue weighted by molar-refractivity contribution is 0.0284. The Labute approximate surface area is 119 Å². The molecule has 2 bridgehead atoms. The Morgan fingerprint density at radius 1 is 1.25 bits per heavy atom. The molecule has 4 aliphatic heterocycles. The molecule has 106 valence electrons. The number of benzene rings is 1. The number of carbonyl (C=O) groups excluding carboxylic acids is 1. The summed E-state index contributed by atoms with van der Waals surface area (Å²) in [4.78, 5) is 17.1. The van der Waals surface area contributed by atoms with Gasteiger partial charge in [-0.25, -0.2) is 0 Å². The Bertz CT molecular complexity index is 549. The maximum absolute atomic E-state index is 12.5. The van der Waals surface area contributed by atoms with Crippen molar-refractivity contribution in [3.05, 3.63) is 29.3 Å². The van der Waals surface area contributed by atoms with Crippen LogP contribution in [0.4, 0.5) is 5.69 Å². The van der Waals surface area contributed by atoms with Gasteiger partial charge in [0.25, 0.3) is 5.91 Å². The van der Waals surface area contributed by atoms with Crippen molar-refractivity contribution >= 4 is 11.6 Å². The zero-order valence-corrected chi connectivity index (χ0v) is 11.7. The molecule has 0 radical (unpaired) electrons. The lowest BCUT2D eigenvalue weighted by atomic mass is 9.79. The van der Waals surface area contributed by atoms with E-state index >= 15 is 0 Å². The van der Waals surface area contributed by atoms with Crippen molar-refractivity contribution < 1.29 is 4.79 Å². The average Bonchev–Trinajstić information content (AvgIpc) is 2.78. The molecule has 5 rings (SSSR count). The second-order valence-electron chi connectivity index (χ2n) is 6.47. The summed E-state index contributed by atoms with van der Waals surface area (Å²) in [5, 5.41) is 0. The fourth-order valence-electron chi connectivity index (χ4n) is 4.17. The SMILES string of the molecule is Nc1cccc2c1C(=O)N(CC1CN3CCC1CC3)C2. The van der Waals surface area contributed by atoms with Gasteiger partial charge >= 0.3 is 0 Å². The topological polar surface area (TPSA) is 49.6 Å². The molecule has 0 saturated carbocycles. The first-order valence-corrected chi connectivity index (χ1v) is 7.61. The van der Waals surface area contributed by atoms with Gasteiger partial charge in [-0.3, -0.25) is 4.79 Å². The highest BCUT2D eigenvalue weighted by atomic mass is 16.2. The molecule has 0 aromatic heterocycles. The minimum Gasteiger partial charge on any atom is -0.398 e. The third-order valence-corrected chi connectivity index (χ3v) is 5.29. The van der Waals surface area contributed by atoms with E-state index in [1.165, 1.54) is 32.5 Å². The fraction of sp³-hybridized carbons (Fsp3) is 0.562.